The predicted molar refractivity (Wildman–Crippen MR) is 101 cm³/mol. The second-order valence-electron chi connectivity index (χ2n) is 6.14. The molecule has 1 fully saturated rings. The number of nitrogens with zero attached hydrogens (tertiary/aromatic N) is 5. The van der Waals surface area contributed by atoms with E-state index in [1.165, 1.54) is 5.69 Å². The number of hydrogen-bond donors (Lipinski definition) is 0. The van der Waals surface area contributed by atoms with Gasteiger partial charge < -0.3 is 9.80 Å². The summed E-state index contributed by atoms with van der Waals surface area (Å²) in [7, 11) is 0. The van der Waals surface area contributed by atoms with Gasteiger partial charge in [-0.25, -0.2) is 4.68 Å². The molecule has 1 aliphatic heterocycles. The number of anilines is 1. The van der Waals surface area contributed by atoms with Gasteiger partial charge in [0.1, 0.15) is 0 Å². The van der Waals surface area contributed by atoms with Crippen molar-refractivity contribution >= 4 is 23.2 Å². The van der Waals surface area contributed by atoms with E-state index in [4.69, 9.17) is 11.6 Å². The monoisotopic (exact) mass is 367 g/mol. The van der Waals surface area contributed by atoms with Crippen molar-refractivity contribution in [3.63, 3.8) is 0 Å². The Hall–Kier alpha value is -2.86. The van der Waals surface area contributed by atoms with Crippen molar-refractivity contribution in [1.29, 1.82) is 0 Å². The highest BCUT2D eigenvalue weighted by atomic mass is 35.5. The average Bonchev–Trinajstić information content (AvgIpc) is 3.18. The Morgan fingerprint density at radius 1 is 0.923 bits per heavy atom. The van der Waals surface area contributed by atoms with Gasteiger partial charge in [0.15, 0.2) is 5.69 Å². The van der Waals surface area contributed by atoms with E-state index in [2.05, 4.69) is 27.3 Å². The van der Waals surface area contributed by atoms with E-state index in [-0.39, 0.29) is 5.91 Å². The van der Waals surface area contributed by atoms with Crippen LogP contribution in [0.15, 0.2) is 60.8 Å². The highest BCUT2D eigenvalue weighted by Crippen LogP contribution is 2.17. The highest BCUT2D eigenvalue weighted by molar-refractivity contribution is 6.30. The van der Waals surface area contributed by atoms with Gasteiger partial charge in [-0.05, 0) is 30.3 Å². The number of aromatic nitrogens is 3. The third-order valence-electron chi connectivity index (χ3n) is 4.47. The lowest BCUT2D eigenvalue weighted by molar-refractivity contribution is 0.0741. The van der Waals surface area contributed by atoms with Crippen molar-refractivity contribution in [2.75, 3.05) is 31.1 Å². The van der Waals surface area contributed by atoms with E-state index >= 15 is 0 Å². The Labute approximate surface area is 156 Å². The molecule has 1 aliphatic rings. The average molecular weight is 368 g/mol. The molecule has 2 heterocycles. The summed E-state index contributed by atoms with van der Waals surface area (Å²) in [5.41, 5.74) is 2.31. The lowest BCUT2D eigenvalue weighted by atomic mass is 10.2. The molecule has 1 aromatic heterocycles. The fourth-order valence-corrected chi connectivity index (χ4v) is 3.26. The number of carbonyl (C=O) groups is 1. The van der Waals surface area contributed by atoms with Crippen molar-refractivity contribution in [3.05, 3.63) is 71.5 Å². The Kier molecular flexibility index (Phi) is 4.58. The lowest BCUT2D eigenvalue weighted by Crippen LogP contribution is -2.48. The van der Waals surface area contributed by atoms with Gasteiger partial charge in [-0.1, -0.05) is 41.1 Å². The van der Waals surface area contributed by atoms with Gasteiger partial charge in [0.25, 0.3) is 5.91 Å². The molecule has 1 saturated heterocycles. The number of amides is 1. The van der Waals surface area contributed by atoms with Crippen LogP contribution in [0.5, 0.6) is 0 Å². The molecule has 0 bridgehead atoms. The van der Waals surface area contributed by atoms with E-state index in [0.29, 0.717) is 23.8 Å². The Balaban J connectivity index is 1.43. The van der Waals surface area contributed by atoms with Gasteiger partial charge >= 0.3 is 0 Å². The van der Waals surface area contributed by atoms with Gasteiger partial charge in [-0.2, -0.15) is 0 Å². The molecule has 4 rings (SSSR count). The summed E-state index contributed by atoms with van der Waals surface area (Å²) in [6.45, 7) is 2.94. The second kappa shape index (κ2) is 7.17. The number of piperazine rings is 1. The molecule has 6 nitrogen and oxygen atoms in total. The minimum absolute atomic E-state index is 0.0917. The molecule has 3 aromatic rings. The normalized spacial score (nSPS) is 14.5. The van der Waals surface area contributed by atoms with Crippen molar-refractivity contribution < 1.29 is 4.79 Å². The van der Waals surface area contributed by atoms with Crippen molar-refractivity contribution in [2.24, 2.45) is 0 Å². The van der Waals surface area contributed by atoms with Crippen molar-refractivity contribution in [2.45, 2.75) is 0 Å². The summed E-state index contributed by atoms with van der Waals surface area (Å²) in [5.74, 6) is -0.0917. The number of para-hydroxylation sites is 1. The van der Waals surface area contributed by atoms with Gasteiger partial charge in [0.2, 0.25) is 0 Å². The van der Waals surface area contributed by atoms with Gasteiger partial charge in [-0.3, -0.25) is 4.79 Å². The molecule has 0 unspecified atom stereocenters. The highest BCUT2D eigenvalue weighted by Gasteiger charge is 2.24. The van der Waals surface area contributed by atoms with E-state index < -0.39 is 0 Å². The van der Waals surface area contributed by atoms with Gasteiger partial charge in [0, 0.05) is 36.9 Å². The van der Waals surface area contributed by atoms with Crippen LogP contribution in [0.2, 0.25) is 5.02 Å². The van der Waals surface area contributed by atoms with Crippen LogP contribution in [0, 0.1) is 0 Å². The van der Waals surface area contributed by atoms with Crippen LogP contribution in [-0.4, -0.2) is 52.0 Å². The third kappa shape index (κ3) is 3.41. The fraction of sp³-hybridized carbons (Fsp3) is 0.211. The van der Waals surface area contributed by atoms with Gasteiger partial charge in [-0.15, -0.1) is 5.10 Å². The van der Waals surface area contributed by atoms with E-state index in [9.17, 15) is 4.79 Å². The van der Waals surface area contributed by atoms with Crippen molar-refractivity contribution in [3.8, 4) is 5.69 Å². The first kappa shape index (κ1) is 16.6. The molecule has 0 N–H and O–H groups in total. The first-order valence-corrected chi connectivity index (χ1v) is 8.86. The Morgan fingerprint density at radius 3 is 2.38 bits per heavy atom. The summed E-state index contributed by atoms with van der Waals surface area (Å²) in [6.07, 6.45) is 1.65. The zero-order valence-electron chi connectivity index (χ0n) is 14.1. The summed E-state index contributed by atoms with van der Waals surface area (Å²) < 4.78 is 1.57. The van der Waals surface area contributed by atoms with Crippen LogP contribution in [0.4, 0.5) is 5.69 Å². The van der Waals surface area contributed by atoms with Crippen LogP contribution in [0.1, 0.15) is 10.5 Å². The van der Waals surface area contributed by atoms with Crippen molar-refractivity contribution in [1.82, 2.24) is 19.9 Å². The smallest absolute Gasteiger partial charge is 0.276 e. The number of carbonyl (C=O) groups excluding carboxylic acids is 1. The maximum absolute atomic E-state index is 12.7. The zero-order chi connectivity index (χ0) is 17.9. The van der Waals surface area contributed by atoms with E-state index in [1.807, 2.05) is 35.2 Å². The maximum atomic E-state index is 12.7. The predicted octanol–water partition coefficient (Wildman–Crippen LogP) is 2.88. The van der Waals surface area contributed by atoms with E-state index in [1.54, 1.807) is 23.0 Å². The Morgan fingerprint density at radius 2 is 1.65 bits per heavy atom. The van der Waals surface area contributed by atoms with E-state index in [0.717, 1.165) is 18.8 Å². The molecule has 132 valence electrons. The second-order valence-corrected chi connectivity index (χ2v) is 6.58. The molecule has 2 aromatic carbocycles. The molecule has 0 spiro atoms. The van der Waals surface area contributed by atoms with Crippen LogP contribution in [0.25, 0.3) is 5.69 Å². The fourth-order valence-electron chi connectivity index (χ4n) is 3.08. The number of hydrogen-bond acceptors (Lipinski definition) is 4. The number of halogens is 1. The molecular weight excluding hydrogens is 350 g/mol. The largest absolute Gasteiger partial charge is 0.368 e. The molecule has 7 heteroatoms. The molecular formula is C19H18ClN5O. The summed E-state index contributed by atoms with van der Waals surface area (Å²) >= 11 is 6.01. The third-order valence-corrected chi connectivity index (χ3v) is 4.71. The number of rotatable bonds is 3. The molecule has 0 radical (unpaired) electrons. The first-order valence-electron chi connectivity index (χ1n) is 8.48. The van der Waals surface area contributed by atoms with Crippen LogP contribution in [0.3, 0.4) is 0 Å². The Bertz CT molecular complexity index is 903. The lowest BCUT2D eigenvalue weighted by Gasteiger charge is -2.35. The summed E-state index contributed by atoms with van der Waals surface area (Å²) in [5, 5.41) is 8.71. The maximum Gasteiger partial charge on any atom is 0.276 e. The molecule has 0 atom stereocenters. The SMILES string of the molecule is O=C(c1cn(-c2cccc(Cl)c2)nn1)N1CCN(c2ccccc2)CC1. The molecule has 1 amide bonds. The standard InChI is InChI=1S/C19H18ClN5O/c20-15-5-4-8-17(13-15)25-14-18(21-22-25)19(26)24-11-9-23(10-12-24)16-6-2-1-3-7-16/h1-8,13-14H,9-12H2. The molecule has 0 saturated carbocycles. The quantitative estimate of drug-likeness (QED) is 0.714. The number of benzene rings is 2. The molecule has 26 heavy (non-hydrogen) atoms. The zero-order valence-corrected chi connectivity index (χ0v) is 14.9. The van der Waals surface area contributed by atoms with Crippen LogP contribution >= 0.6 is 11.6 Å². The van der Waals surface area contributed by atoms with Crippen LogP contribution < -0.4 is 4.90 Å². The topological polar surface area (TPSA) is 54.3 Å². The molecule has 0 aliphatic carbocycles. The van der Waals surface area contributed by atoms with Crippen LogP contribution in [-0.2, 0) is 0 Å². The minimum Gasteiger partial charge on any atom is -0.368 e. The van der Waals surface area contributed by atoms with Gasteiger partial charge in [0.05, 0.1) is 11.9 Å². The summed E-state index contributed by atoms with van der Waals surface area (Å²) in [4.78, 5) is 16.8. The first-order chi connectivity index (χ1) is 12.7. The summed E-state index contributed by atoms with van der Waals surface area (Å²) in [6, 6.07) is 17.5. The minimum atomic E-state index is -0.0917.